The van der Waals surface area contributed by atoms with Crippen LogP contribution in [0.25, 0.3) is 0 Å². The molecule has 4 heteroatoms. The molecule has 0 spiro atoms. The number of ether oxygens (including phenoxy) is 1. The minimum atomic E-state index is 0.134. The normalized spacial score (nSPS) is 10.8. The fourth-order valence-electron chi connectivity index (χ4n) is 2.38. The Balaban J connectivity index is 3.06. The van der Waals surface area contributed by atoms with Crippen molar-refractivity contribution < 1.29 is 9.84 Å². The second-order valence-corrected chi connectivity index (χ2v) is 4.58. The monoisotopic (exact) mass is 266 g/mol. The van der Waals surface area contributed by atoms with Crippen molar-refractivity contribution in [3.63, 3.8) is 0 Å². The van der Waals surface area contributed by atoms with E-state index in [0.29, 0.717) is 24.9 Å². The molecule has 0 fully saturated rings. The van der Waals surface area contributed by atoms with Gasteiger partial charge in [-0.25, -0.2) is 0 Å². The summed E-state index contributed by atoms with van der Waals surface area (Å²) >= 11 is 0. The third kappa shape index (κ3) is 4.31. The van der Waals surface area contributed by atoms with Crippen LogP contribution in [0, 0.1) is 0 Å². The summed E-state index contributed by atoms with van der Waals surface area (Å²) in [6.07, 6.45) is 2.07. The number of hydrogen-bond acceptors (Lipinski definition) is 4. The number of nitrogen functional groups attached to an aromatic ring is 1. The maximum Gasteiger partial charge on any atom is 0.123 e. The lowest BCUT2D eigenvalue weighted by Gasteiger charge is -2.32. The van der Waals surface area contributed by atoms with E-state index < -0.39 is 0 Å². The second-order valence-electron chi connectivity index (χ2n) is 4.58. The Morgan fingerprint density at radius 1 is 1.21 bits per heavy atom. The zero-order valence-electron chi connectivity index (χ0n) is 12.2. The van der Waals surface area contributed by atoms with Gasteiger partial charge in [0.2, 0.25) is 0 Å². The lowest BCUT2D eigenvalue weighted by molar-refractivity contribution is 0.295. The first-order chi connectivity index (χ1) is 9.15. The van der Waals surface area contributed by atoms with Gasteiger partial charge in [0.15, 0.2) is 0 Å². The van der Waals surface area contributed by atoms with E-state index in [1.54, 1.807) is 0 Å². The van der Waals surface area contributed by atoms with Crippen LogP contribution < -0.4 is 15.4 Å². The molecule has 4 nitrogen and oxygen atoms in total. The molecule has 0 amide bonds. The minimum Gasteiger partial charge on any atom is -0.494 e. The molecule has 0 radical (unpaired) electrons. The van der Waals surface area contributed by atoms with Gasteiger partial charge in [0.1, 0.15) is 5.75 Å². The molecule has 1 aromatic carbocycles. The number of nitrogens with zero attached hydrogens (tertiary/aromatic N) is 1. The molecule has 0 saturated heterocycles. The van der Waals surface area contributed by atoms with Gasteiger partial charge in [0.05, 0.1) is 13.2 Å². The van der Waals surface area contributed by atoms with Crippen LogP contribution in [0.2, 0.25) is 0 Å². The summed E-state index contributed by atoms with van der Waals surface area (Å²) in [7, 11) is 0. The van der Waals surface area contributed by atoms with E-state index in [1.807, 2.05) is 25.1 Å². The van der Waals surface area contributed by atoms with Crippen molar-refractivity contribution in [1.82, 2.24) is 0 Å². The molecule has 1 aromatic rings. The zero-order chi connectivity index (χ0) is 14.3. The summed E-state index contributed by atoms with van der Waals surface area (Å²) in [5.74, 6) is 0.784. The van der Waals surface area contributed by atoms with E-state index in [0.717, 1.165) is 24.3 Å². The number of aliphatic hydroxyl groups excluding tert-OH is 1. The van der Waals surface area contributed by atoms with E-state index in [4.69, 9.17) is 10.5 Å². The molecular formula is C15H26N2O2. The standard InChI is InChI=1S/C15H26N2O2/c1-4-13(5-2)17(7-8-18)14-9-12(16)10-15(11-14)19-6-3/h9-11,13,18H,4-8,16H2,1-3H3. The highest BCUT2D eigenvalue weighted by atomic mass is 16.5. The van der Waals surface area contributed by atoms with E-state index >= 15 is 0 Å². The highest BCUT2D eigenvalue weighted by molar-refractivity contribution is 5.61. The van der Waals surface area contributed by atoms with Crippen molar-refractivity contribution >= 4 is 11.4 Å². The van der Waals surface area contributed by atoms with Crippen LogP contribution in [0.3, 0.4) is 0 Å². The van der Waals surface area contributed by atoms with Gasteiger partial charge in [-0.1, -0.05) is 13.8 Å². The summed E-state index contributed by atoms with van der Waals surface area (Å²) in [5, 5.41) is 9.28. The van der Waals surface area contributed by atoms with Crippen LogP contribution in [0.5, 0.6) is 5.75 Å². The van der Waals surface area contributed by atoms with Gasteiger partial charge in [-0.05, 0) is 25.8 Å². The fraction of sp³-hybridized carbons (Fsp3) is 0.600. The molecule has 19 heavy (non-hydrogen) atoms. The summed E-state index contributed by atoms with van der Waals surface area (Å²) in [6.45, 7) is 7.64. The molecule has 0 bridgehead atoms. The second kappa shape index (κ2) is 7.89. The summed E-state index contributed by atoms with van der Waals surface area (Å²) < 4.78 is 5.53. The number of nitrogens with two attached hydrogens (primary N) is 1. The Hall–Kier alpha value is -1.42. The van der Waals surface area contributed by atoms with Crippen LogP contribution in [0.15, 0.2) is 18.2 Å². The molecule has 108 valence electrons. The van der Waals surface area contributed by atoms with Gasteiger partial charge >= 0.3 is 0 Å². The Morgan fingerprint density at radius 2 is 1.89 bits per heavy atom. The topological polar surface area (TPSA) is 58.7 Å². The van der Waals surface area contributed by atoms with Crippen LogP contribution in [0.1, 0.15) is 33.6 Å². The predicted octanol–water partition coefficient (Wildman–Crippen LogP) is 2.65. The Morgan fingerprint density at radius 3 is 2.42 bits per heavy atom. The molecular weight excluding hydrogens is 240 g/mol. The first-order valence-corrected chi connectivity index (χ1v) is 7.07. The average molecular weight is 266 g/mol. The third-order valence-electron chi connectivity index (χ3n) is 3.28. The molecule has 0 aliphatic rings. The smallest absolute Gasteiger partial charge is 0.123 e. The van der Waals surface area contributed by atoms with Crippen molar-refractivity contribution in [3.05, 3.63) is 18.2 Å². The lowest BCUT2D eigenvalue weighted by atomic mass is 10.1. The predicted molar refractivity (Wildman–Crippen MR) is 80.8 cm³/mol. The molecule has 0 atom stereocenters. The van der Waals surface area contributed by atoms with Gasteiger partial charge in [0.25, 0.3) is 0 Å². The quantitative estimate of drug-likeness (QED) is 0.710. The van der Waals surface area contributed by atoms with Gasteiger partial charge in [-0.3, -0.25) is 0 Å². The highest BCUT2D eigenvalue weighted by Crippen LogP contribution is 2.28. The Bertz CT molecular complexity index is 378. The molecule has 0 unspecified atom stereocenters. The van der Waals surface area contributed by atoms with E-state index in [1.165, 1.54) is 0 Å². The van der Waals surface area contributed by atoms with Crippen LogP contribution >= 0.6 is 0 Å². The van der Waals surface area contributed by atoms with Gasteiger partial charge in [-0.2, -0.15) is 0 Å². The van der Waals surface area contributed by atoms with Crippen molar-refractivity contribution in [3.8, 4) is 5.75 Å². The van der Waals surface area contributed by atoms with Crippen LogP contribution in [-0.2, 0) is 0 Å². The minimum absolute atomic E-state index is 0.134. The van der Waals surface area contributed by atoms with Gasteiger partial charge in [0, 0.05) is 36.1 Å². The van der Waals surface area contributed by atoms with Crippen molar-refractivity contribution in [2.24, 2.45) is 0 Å². The molecule has 3 N–H and O–H groups in total. The number of aliphatic hydroxyl groups is 1. The van der Waals surface area contributed by atoms with E-state index in [9.17, 15) is 5.11 Å². The fourth-order valence-corrected chi connectivity index (χ4v) is 2.38. The molecule has 1 rings (SSSR count). The number of rotatable bonds is 8. The number of hydrogen-bond donors (Lipinski definition) is 2. The number of benzene rings is 1. The molecule has 0 saturated carbocycles. The lowest BCUT2D eigenvalue weighted by Crippen LogP contribution is -2.36. The molecule has 0 aliphatic heterocycles. The maximum absolute atomic E-state index is 9.28. The Labute approximate surface area is 116 Å². The van der Waals surface area contributed by atoms with Crippen molar-refractivity contribution in [2.45, 2.75) is 39.7 Å². The molecule has 0 heterocycles. The van der Waals surface area contributed by atoms with E-state index in [-0.39, 0.29) is 6.61 Å². The summed E-state index contributed by atoms with van der Waals surface area (Å²) in [4.78, 5) is 2.21. The highest BCUT2D eigenvalue weighted by Gasteiger charge is 2.16. The summed E-state index contributed by atoms with van der Waals surface area (Å²) in [5.41, 5.74) is 7.65. The first kappa shape index (κ1) is 15.6. The zero-order valence-corrected chi connectivity index (χ0v) is 12.2. The maximum atomic E-state index is 9.28. The van der Waals surface area contributed by atoms with Gasteiger partial charge < -0.3 is 20.5 Å². The summed E-state index contributed by atoms with van der Waals surface area (Å²) in [6, 6.07) is 6.17. The van der Waals surface area contributed by atoms with Crippen LogP contribution in [-0.4, -0.2) is 30.9 Å². The largest absolute Gasteiger partial charge is 0.494 e. The first-order valence-electron chi connectivity index (χ1n) is 7.07. The SMILES string of the molecule is CCOc1cc(N)cc(N(CCO)C(CC)CC)c1. The molecule has 0 aromatic heterocycles. The number of anilines is 2. The van der Waals surface area contributed by atoms with E-state index in [2.05, 4.69) is 18.7 Å². The molecule has 0 aliphatic carbocycles. The average Bonchev–Trinajstić information content (AvgIpc) is 2.38. The third-order valence-corrected chi connectivity index (χ3v) is 3.28. The van der Waals surface area contributed by atoms with Crippen LogP contribution in [0.4, 0.5) is 11.4 Å². The van der Waals surface area contributed by atoms with Crippen molar-refractivity contribution in [2.75, 3.05) is 30.4 Å². The Kier molecular flexibility index (Phi) is 6.50. The van der Waals surface area contributed by atoms with Crippen molar-refractivity contribution in [1.29, 1.82) is 0 Å². The van der Waals surface area contributed by atoms with Gasteiger partial charge in [-0.15, -0.1) is 0 Å².